The Morgan fingerprint density at radius 3 is 2.76 bits per heavy atom. The van der Waals surface area contributed by atoms with Gasteiger partial charge in [-0.05, 0) is 32.2 Å². The van der Waals surface area contributed by atoms with Crippen LogP contribution in [-0.4, -0.2) is 41.5 Å². The molecule has 2 atom stereocenters. The van der Waals surface area contributed by atoms with Gasteiger partial charge in [-0.3, -0.25) is 9.69 Å². The summed E-state index contributed by atoms with van der Waals surface area (Å²) in [6.07, 6.45) is 8.88. The summed E-state index contributed by atoms with van der Waals surface area (Å²) in [4.78, 5) is 14.4. The van der Waals surface area contributed by atoms with Gasteiger partial charge in [-0.15, -0.1) is 0 Å². The van der Waals surface area contributed by atoms with Crippen LogP contribution in [0.1, 0.15) is 51.4 Å². The number of hydrogen-bond acceptors (Lipinski definition) is 3. The molecule has 17 heavy (non-hydrogen) atoms. The third-order valence-corrected chi connectivity index (χ3v) is 4.35. The van der Waals surface area contributed by atoms with Crippen LogP contribution < -0.4 is 0 Å². The third kappa shape index (κ3) is 3.52. The molecule has 2 unspecified atom stereocenters. The lowest BCUT2D eigenvalue weighted by molar-refractivity contribution is -0.123. The molecule has 1 N–H and O–H groups in total. The van der Waals surface area contributed by atoms with E-state index in [1.165, 1.54) is 25.7 Å². The minimum atomic E-state index is 0.240. The van der Waals surface area contributed by atoms with Crippen LogP contribution in [0.2, 0.25) is 0 Å². The van der Waals surface area contributed by atoms with E-state index in [9.17, 15) is 9.90 Å². The quantitative estimate of drug-likeness (QED) is 0.766. The molecule has 2 rings (SSSR count). The van der Waals surface area contributed by atoms with Crippen molar-refractivity contribution in [3.05, 3.63) is 0 Å². The average Bonchev–Trinajstić information content (AvgIpc) is 2.56. The molecule has 1 saturated carbocycles. The Labute approximate surface area is 104 Å². The number of rotatable bonds is 3. The predicted octanol–water partition coefficient (Wildman–Crippen LogP) is 1.98. The topological polar surface area (TPSA) is 40.5 Å². The Balaban J connectivity index is 1.90. The van der Waals surface area contributed by atoms with Gasteiger partial charge in [0.2, 0.25) is 0 Å². The van der Waals surface area contributed by atoms with E-state index in [4.69, 9.17) is 0 Å². The van der Waals surface area contributed by atoms with Crippen LogP contribution in [0.25, 0.3) is 0 Å². The fourth-order valence-electron chi connectivity index (χ4n) is 3.22. The lowest BCUT2D eigenvalue weighted by atomic mass is 9.95. The molecule has 0 aromatic rings. The van der Waals surface area contributed by atoms with Gasteiger partial charge in [0.15, 0.2) is 0 Å². The van der Waals surface area contributed by atoms with Gasteiger partial charge < -0.3 is 5.11 Å². The highest BCUT2D eigenvalue weighted by Gasteiger charge is 2.28. The molecule has 3 nitrogen and oxygen atoms in total. The van der Waals surface area contributed by atoms with Gasteiger partial charge in [0, 0.05) is 24.9 Å². The number of carbonyl (C=O) groups is 1. The monoisotopic (exact) mass is 239 g/mol. The molecular formula is C14H25NO2. The summed E-state index contributed by atoms with van der Waals surface area (Å²) >= 11 is 0. The van der Waals surface area contributed by atoms with Crippen molar-refractivity contribution in [1.82, 2.24) is 4.90 Å². The van der Waals surface area contributed by atoms with E-state index >= 15 is 0 Å². The molecule has 0 aromatic carbocycles. The number of aliphatic hydroxyl groups is 1. The van der Waals surface area contributed by atoms with Gasteiger partial charge in [-0.25, -0.2) is 0 Å². The zero-order valence-electron chi connectivity index (χ0n) is 10.7. The first-order chi connectivity index (χ1) is 8.31. The highest BCUT2D eigenvalue weighted by atomic mass is 16.3. The maximum atomic E-state index is 12.0. The summed E-state index contributed by atoms with van der Waals surface area (Å²) in [6.45, 7) is 2.21. The molecule has 2 aliphatic rings. The van der Waals surface area contributed by atoms with Crippen LogP contribution in [0.3, 0.4) is 0 Å². The number of ketones is 1. The van der Waals surface area contributed by atoms with Crippen molar-refractivity contribution in [3.63, 3.8) is 0 Å². The molecule has 1 saturated heterocycles. The maximum Gasteiger partial charge on any atom is 0.137 e. The summed E-state index contributed by atoms with van der Waals surface area (Å²) in [7, 11) is 0. The Morgan fingerprint density at radius 1 is 1.12 bits per heavy atom. The lowest BCUT2D eigenvalue weighted by Crippen LogP contribution is -2.45. The molecule has 98 valence electrons. The first-order valence-corrected chi connectivity index (χ1v) is 7.19. The van der Waals surface area contributed by atoms with E-state index in [1.54, 1.807) is 0 Å². The fourth-order valence-corrected chi connectivity index (χ4v) is 3.22. The van der Waals surface area contributed by atoms with Crippen LogP contribution in [0.4, 0.5) is 0 Å². The van der Waals surface area contributed by atoms with Gasteiger partial charge >= 0.3 is 0 Å². The van der Waals surface area contributed by atoms with Gasteiger partial charge in [-0.2, -0.15) is 0 Å². The molecule has 1 heterocycles. The standard InChI is InChI=1S/C14H25NO2/c16-11-13-7-4-5-9-15(13)10-12-6-2-1-3-8-14(12)17/h12-13,16H,1-11H2. The SMILES string of the molecule is O=C1CCCCCC1CN1CCCCC1CO. The molecule has 0 radical (unpaired) electrons. The van der Waals surface area contributed by atoms with Crippen molar-refractivity contribution in [2.45, 2.75) is 57.4 Å². The van der Waals surface area contributed by atoms with Gasteiger partial charge in [-0.1, -0.05) is 19.3 Å². The second-order valence-electron chi connectivity index (χ2n) is 5.59. The van der Waals surface area contributed by atoms with Crippen LogP contribution in [0.15, 0.2) is 0 Å². The van der Waals surface area contributed by atoms with Crippen LogP contribution in [-0.2, 0) is 4.79 Å². The second kappa shape index (κ2) is 6.50. The lowest BCUT2D eigenvalue weighted by Gasteiger charge is -2.36. The van der Waals surface area contributed by atoms with E-state index in [-0.39, 0.29) is 12.5 Å². The predicted molar refractivity (Wildman–Crippen MR) is 67.9 cm³/mol. The van der Waals surface area contributed by atoms with E-state index in [2.05, 4.69) is 4.90 Å². The molecular weight excluding hydrogens is 214 g/mol. The summed E-state index contributed by atoms with van der Waals surface area (Å²) in [5.41, 5.74) is 0. The van der Waals surface area contributed by atoms with Crippen LogP contribution >= 0.6 is 0 Å². The first-order valence-electron chi connectivity index (χ1n) is 7.19. The van der Waals surface area contributed by atoms with Crippen molar-refractivity contribution in [2.75, 3.05) is 19.7 Å². The maximum absolute atomic E-state index is 12.0. The Hall–Kier alpha value is -0.410. The number of piperidine rings is 1. The molecule has 0 aromatic heterocycles. The normalized spacial score (nSPS) is 32.4. The van der Waals surface area contributed by atoms with E-state index < -0.39 is 0 Å². The van der Waals surface area contributed by atoms with Crippen molar-refractivity contribution in [1.29, 1.82) is 0 Å². The summed E-state index contributed by atoms with van der Waals surface area (Å²) < 4.78 is 0. The summed E-state index contributed by atoms with van der Waals surface area (Å²) in [5.74, 6) is 0.703. The summed E-state index contributed by atoms with van der Waals surface area (Å²) in [5, 5.41) is 9.39. The number of Topliss-reactive ketones (excluding diaryl/α,β-unsaturated/α-hetero) is 1. The van der Waals surface area contributed by atoms with Crippen molar-refractivity contribution in [2.24, 2.45) is 5.92 Å². The van der Waals surface area contributed by atoms with Crippen LogP contribution in [0, 0.1) is 5.92 Å². The minimum Gasteiger partial charge on any atom is -0.395 e. The molecule has 1 aliphatic carbocycles. The fraction of sp³-hybridized carbons (Fsp3) is 0.929. The number of likely N-dealkylation sites (tertiary alicyclic amines) is 1. The van der Waals surface area contributed by atoms with Crippen molar-refractivity contribution in [3.8, 4) is 0 Å². The highest BCUT2D eigenvalue weighted by Crippen LogP contribution is 2.24. The smallest absolute Gasteiger partial charge is 0.137 e. The number of carbonyl (C=O) groups excluding carboxylic acids is 1. The van der Waals surface area contributed by atoms with E-state index in [0.717, 1.165) is 38.8 Å². The van der Waals surface area contributed by atoms with Crippen molar-refractivity contribution < 1.29 is 9.90 Å². The van der Waals surface area contributed by atoms with Crippen LogP contribution in [0.5, 0.6) is 0 Å². The number of hydrogen-bond donors (Lipinski definition) is 1. The molecule has 0 amide bonds. The zero-order valence-corrected chi connectivity index (χ0v) is 10.7. The minimum absolute atomic E-state index is 0.240. The van der Waals surface area contributed by atoms with Gasteiger partial charge in [0.05, 0.1) is 6.61 Å². The van der Waals surface area contributed by atoms with Gasteiger partial charge in [0.1, 0.15) is 5.78 Å². The third-order valence-electron chi connectivity index (χ3n) is 4.35. The van der Waals surface area contributed by atoms with E-state index in [1.807, 2.05) is 0 Å². The largest absolute Gasteiger partial charge is 0.395 e. The first kappa shape index (κ1) is 13.0. The second-order valence-corrected chi connectivity index (χ2v) is 5.59. The molecule has 3 heteroatoms. The molecule has 0 spiro atoms. The Bertz CT molecular complexity index is 255. The Morgan fingerprint density at radius 2 is 1.94 bits per heavy atom. The zero-order chi connectivity index (χ0) is 12.1. The Kier molecular flexibility index (Phi) is 4.99. The van der Waals surface area contributed by atoms with Gasteiger partial charge in [0.25, 0.3) is 0 Å². The highest BCUT2D eigenvalue weighted by molar-refractivity contribution is 5.81. The molecule has 2 fully saturated rings. The summed E-state index contributed by atoms with van der Waals surface area (Å²) in [6, 6.07) is 0.305. The molecule has 0 bridgehead atoms. The number of nitrogens with zero attached hydrogens (tertiary/aromatic N) is 1. The van der Waals surface area contributed by atoms with Crippen molar-refractivity contribution >= 4 is 5.78 Å². The number of aliphatic hydroxyl groups excluding tert-OH is 1. The molecule has 1 aliphatic heterocycles. The average molecular weight is 239 g/mol. The van der Waals surface area contributed by atoms with E-state index in [0.29, 0.717) is 11.8 Å².